The molecule has 1 aliphatic rings. The number of hydrogen-bond donors (Lipinski definition) is 3. The van der Waals surface area contributed by atoms with Gasteiger partial charge in [0.2, 0.25) is 0 Å². The lowest BCUT2D eigenvalue weighted by atomic mass is 9.96. The van der Waals surface area contributed by atoms with Gasteiger partial charge >= 0.3 is 11.8 Å². The molecule has 130 valence electrons. The summed E-state index contributed by atoms with van der Waals surface area (Å²) in [5.74, 6) is -1.59. The van der Waals surface area contributed by atoms with Crippen molar-refractivity contribution in [3.8, 4) is 0 Å². The fraction of sp³-hybridized carbons (Fsp3) is 0.263. The predicted octanol–water partition coefficient (Wildman–Crippen LogP) is 2.54. The molecule has 5 nitrogen and oxygen atoms in total. The van der Waals surface area contributed by atoms with E-state index in [0.29, 0.717) is 22.7 Å². The summed E-state index contributed by atoms with van der Waals surface area (Å²) >= 11 is 6.01. The van der Waals surface area contributed by atoms with Gasteiger partial charge in [0, 0.05) is 10.7 Å². The van der Waals surface area contributed by atoms with E-state index in [1.165, 1.54) is 0 Å². The summed E-state index contributed by atoms with van der Waals surface area (Å²) in [6, 6.07) is 12.7. The molecule has 2 aromatic rings. The lowest BCUT2D eigenvalue weighted by molar-refractivity contribution is -0.136. The third-order valence-corrected chi connectivity index (χ3v) is 5.00. The molecule has 0 radical (unpaired) electrons. The van der Waals surface area contributed by atoms with E-state index in [4.69, 9.17) is 11.6 Å². The van der Waals surface area contributed by atoms with Crippen molar-refractivity contribution in [3.63, 3.8) is 0 Å². The number of aliphatic hydroxyl groups is 1. The van der Waals surface area contributed by atoms with Gasteiger partial charge in [0.25, 0.3) is 0 Å². The van der Waals surface area contributed by atoms with Gasteiger partial charge in [-0.3, -0.25) is 9.59 Å². The molecule has 0 saturated carbocycles. The van der Waals surface area contributed by atoms with Crippen molar-refractivity contribution < 1.29 is 14.7 Å². The van der Waals surface area contributed by atoms with Crippen LogP contribution >= 0.6 is 11.6 Å². The van der Waals surface area contributed by atoms with Crippen LogP contribution in [0.2, 0.25) is 5.02 Å². The average Bonchev–Trinajstić information content (AvgIpc) is 2.95. The Morgan fingerprint density at radius 2 is 1.92 bits per heavy atom. The average molecular weight is 359 g/mol. The van der Waals surface area contributed by atoms with Gasteiger partial charge < -0.3 is 15.7 Å². The van der Waals surface area contributed by atoms with Crippen molar-refractivity contribution in [3.05, 3.63) is 64.2 Å². The maximum atomic E-state index is 12.1. The topological polar surface area (TPSA) is 78.4 Å². The van der Waals surface area contributed by atoms with E-state index in [9.17, 15) is 14.7 Å². The number of rotatable bonds is 3. The highest BCUT2D eigenvalue weighted by Crippen LogP contribution is 2.36. The Hall–Kier alpha value is -2.37. The highest BCUT2D eigenvalue weighted by Gasteiger charge is 2.37. The normalized spacial score (nSPS) is 18.5. The van der Waals surface area contributed by atoms with Gasteiger partial charge in [0.05, 0.1) is 6.54 Å². The zero-order valence-corrected chi connectivity index (χ0v) is 14.6. The van der Waals surface area contributed by atoms with Crippen LogP contribution in [0.3, 0.4) is 0 Å². The second kappa shape index (κ2) is 6.86. The molecule has 0 heterocycles. The second-order valence-corrected chi connectivity index (χ2v) is 6.65. The van der Waals surface area contributed by atoms with Gasteiger partial charge in [-0.05, 0) is 48.6 Å². The van der Waals surface area contributed by atoms with Crippen LogP contribution in [0, 0.1) is 6.92 Å². The van der Waals surface area contributed by atoms with Gasteiger partial charge in [0.15, 0.2) is 0 Å². The maximum absolute atomic E-state index is 12.1. The summed E-state index contributed by atoms with van der Waals surface area (Å²) in [4.78, 5) is 24.2. The summed E-state index contributed by atoms with van der Waals surface area (Å²) in [6.07, 6.45) is 1.26. The monoisotopic (exact) mass is 358 g/mol. The molecular weight excluding hydrogens is 340 g/mol. The smallest absolute Gasteiger partial charge is 0.313 e. The van der Waals surface area contributed by atoms with Crippen molar-refractivity contribution in [1.82, 2.24) is 5.32 Å². The third kappa shape index (κ3) is 3.52. The van der Waals surface area contributed by atoms with Crippen LogP contribution < -0.4 is 10.6 Å². The minimum atomic E-state index is -1.14. The van der Waals surface area contributed by atoms with Crippen LogP contribution in [0.4, 0.5) is 5.69 Å². The van der Waals surface area contributed by atoms with Crippen LogP contribution in [0.15, 0.2) is 42.5 Å². The summed E-state index contributed by atoms with van der Waals surface area (Å²) in [7, 11) is 0. The molecule has 0 aliphatic heterocycles. The summed E-state index contributed by atoms with van der Waals surface area (Å²) < 4.78 is 0. The number of fused-ring (bicyclic) bond motifs is 1. The minimum Gasteiger partial charge on any atom is -0.383 e. The molecule has 2 aromatic carbocycles. The Balaban J connectivity index is 1.63. The number of aryl methyl sites for hydroxylation is 1. The zero-order valence-electron chi connectivity index (χ0n) is 13.8. The Bertz CT molecular complexity index is 837. The van der Waals surface area contributed by atoms with Gasteiger partial charge in [-0.1, -0.05) is 41.9 Å². The number of benzene rings is 2. The summed E-state index contributed by atoms with van der Waals surface area (Å²) in [5, 5.41) is 16.4. The number of nitrogens with one attached hydrogen (secondary N) is 2. The van der Waals surface area contributed by atoms with Crippen molar-refractivity contribution in [2.24, 2.45) is 0 Å². The van der Waals surface area contributed by atoms with Gasteiger partial charge in [-0.2, -0.15) is 0 Å². The van der Waals surface area contributed by atoms with E-state index >= 15 is 0 Å². The van der Waals surface area contributed by atoms with Gasteiger partial charge in [-0.25, -0.2) is 0 Å². The standard InChI is InChI=1S/C19H19ClN2O3/c1-12-15(20)7-4-8-16(12)22-18(24)17(23)21-11-19(25)10-9-13-5-2-3-6-14(13)19/h2-8,25H,9-11H2,1H3,(H,21,23)(H,22,24)/t19-/m1/s1. The minimum absolute atomic E-state index is 0.00913. The fourth-order valence-electron chi connectivity index (χ4n) is 3.08. The molecule has 0 spiro atoms. The van der Waals surface area contributed by atoms with E-state index in [0.717, 1.165) is 17.5 Å². The zero-order chi connectivity index (χ0) is 18.0. The molecule has 0 saturated heterocycles. The Morgan fingerprint density at radius 3 is 2.72 bits per heavy atom. The number of hydrogen-bond acceptors (Lipinski definition) is 3. The predicted molar refractivity (Wildman–Crippen MR) is 96.5 cm³/mol. The van der Waals surface area contributed by atoms with Crippen LogP contribution in [-0.4, -0.2) is 23.5 Å². The molecule has 1 aliphatic carbocycles. The molecule has 3 rings (SSSR count). The van der Waals surface area contributed by atoms with Crippen molar-refractivity contribution in [1.29, 1.82) is 0 Å². The molecule has 0 aromatic heterocycles. The molecule has 0 fully saturated rings. The Kier molecular flexibility index (Phi) is 4.79. The highest BCUT2D eigenvalue weighted by atomic mass is 35.5. The molecule has 1 atom stereocenters. The SMILES string of the molecule is Cc1c(Cl)cccc1NC(=O)C(=O)NC[C@]1(O)CCc2ccccc21. The van der Waals surface area contributed by atoms with Crippen LogP contribution in [-0.2, 0) is 21.6 Å². The fourth-order valence-corrected chi connectivity index (χ4v) is 3.26. The molecule has 3 N–H and O–H groups in total. The molecule has 25 heavy (non-hydrogen) atoms. The van der Waals surface area contributed by atoms with Crippen molar-refractivity contribution in [2.75, 3.05) is 11.9 Å². The largest absolute Gasteiger partial charge is 0.383 e. The number of amides is 2. The van der Waals surface area contributed by atoms with E-state index < -0.39 is 17.4 Å². The first-order valence-electron chi connectivity index (χ1n) is 8.06. The van der Waals surface area contributed by atoms with E-state index in [2.05, 4.69) is 10.6 Å². The van der Waals surface area contributed by atoms with E-state index in [1.54, 1.807) is 25.1 Å². The molecule has 0 unspecified atom stereocenters. The summed E-state index contributed by atoms with van der Waals surface area (Å²) in [5.41, 5.74) is 1.91. The quantitative estimate of drug-likeness (QED) is 0.738. The maximum Gasteiger partial charge on any atom is 0.313 e. The molecule has 6 heteroatoms. The number of halogens is 1. The lowest BCUT2D eigenvalue weighted by Crippen LogP contribution is -2.43. The van der Waals surface area contributed by atoms with Crippen molar-refractivity contribution in [2.45, 2.75) is 25.4 Å². The first kappa shape index (κ1) is 17.5. The first-order chi connectivity index (χ1) is 11.9. The van der Waals surface area contributed by atoms with E-state index in [1.807, 2.05) is 24.3 Å². The van der Waals surface area contributed by atoms with Crippen LogP contribution in [0.5, 0.6) is 0 Å². The third-order valence-electron chi connectivity index (χ3n) is 4.59. The van der Waals surface area contributed by atoms with Gasteiger partial charge in [-0.15, -0.1) is 0 Å². The Labute approximate surface area is 151 Å². The number of anilines is 1. The Morgan fingerprint density at radius 1 is 1.16 bits per heavy atom. The van der Waals surface area contributed by atoms with Crippen LogP contribution in [0.25, 0.3) is 0 Å². The summed E-state index contributed by atoms with van der Waals surface area (Å²) in [6.45, 7) is 1.75. The highest BCUT2D eigenvalue weighted by molar-refractivity contribution is 6.40. The second-order valence-electron chi connectivity index (χ2n) is 6.24. The molecule has 0 bridgehead atoms. The number of carbonyl (C=O) groups excluding carboxylic acids is 2. The van der Waals surface area contributed by atoms with Crippen molar-refractivity contribution >= 4 is 29.1 Å². The lowest BCUT2D eigenvalue weighted by Gasteiger charge is -2.24. The van der Waals surface area contributed by atoms with E-state index in [-0.39, 0.29) is 6.54 Å². The first-order valence-corrected chi connectivity index (χ1v) is 8.43. The molecule has 2 amide bonds. The van der Waals surface area contributed by atoms with Gasteiger partial charge in [0.1, 0.15) is 5.60 Å². The number of carbonyl (C=O) groups is 2. The molecular formula is C19H19ClN2O3. The van der Waals surface area contributed by atoms with Crippen LogP contribution in [0.1, 0.15) is 23.1 Å².